The van der Waals surface area contributed by atoms with Gasteiger partial charge in [0.1, 0.15) is 11.3 Å². The van der Waals surface area contributed by atoms with E-state index in [0.717, 1.165) is 0 Å². The summed E-state index contributed by atoms with van der Waals surface area (Å²) in [6, 6.07) is 0. The molecule has 2 rings (SSSR count). The fourth-order valence-corrected chi connectivity index (χ4v) is 0.969. The quantitative estimate of drug-likeness (QED) is 0.431. The number of anilines is 1. The normalized spacial score (nSPS) is 9.21. The number of rotatable bonds is 0. The SMILES string of the molecule is Cc1nc(N)c2[nH]cnc2n1.[B]=NS. The second-order valence-electron chi connectivity index (χ2n) is 2.37. The number of H-pyrrole nitrogens is 1. The van der Waals surface area contributed by atoms with E-state index < -0.39 is 0 Å². The molecule has 0 aromatic carbocycles. The first-order valence-corrected chi connectivity index (χ1v) is 4.06. The van der Waals surface area contributed by atoms with Crippen LogP contribution in [0.4, 0.5) is 5.82 Å². The molecular formula is C6H8BN6S. The van der Waals surface area contributed by atoms with Gasteiger partial charge < -0.3 is 10.7 Å². The van der Waals surface area contributed by atoms with Gasteiger partial charge in [-0.05, 0) is 6.92 Å². The van der Waals surface area contributed by atoms with Gasteiger partial charge >= 0.3 is 24.8 Å². The molecule has 0 atom stereocenters. The van der Waals surface area contributed by atoms with Crippen LogP contribution in [0.2, 0.25) is 0 Å². The van der Waals surface area contributed by atoms with E-state index >= 15 is 0 Å². The van der Waals surface area contributed by atoms with Crippen LogP contribution in [-0.4, -0.2) is 27.6 Å². The van der Waals surface area contributed by atoms with E-state index in [1.165, 1.54) is 0 Å². The van der Waals surface area contributed by atoms with Crippen LogP contribution in [0.5, 0.6) is 0 Å². The number of imidazole rings is 1. The summed E-state index contributed by atoms with van der Waals surface area (Å²) < 4.78 is 2.69. The molecule has 1 radical (unpaired) electrons. The molecule has 0 saturated carbocycles. The summed E-state index contributed by atoms with van der Waals surface area (Å²) in [5.41, 5.74) is 6.90. The minimum atomic E-state index is 0.449. The molecule has 0 amide bonds. The van der Waals surface area contributed by atoms with Gasteiger partial charge in [0, 0.05) is 0 Å². The van der Waals surface area contributed by atoms with Gasteiger partial charge in [-0.2, -0.15) is 0 Å². The first-order valence-electron chi connectivity index (χ1n) is 3.66. The Hall–Kier alpha value is -1.44. The first-order chi connectivity index (χ1) is 6.69. The Morgan fingerprint density at radius 2 is 2.21 bits per heavy atom. The molecule has 0 unspecified atom stereocenters. The number of aromatic nitrogens is 4. The molecule has 2 aromatic rings. The van der Waals surface area contributed by atoms with Crippen LogP contribution in [0.15, 0.2) is 10.6 Å². The molecule has 0 aliphatic rings. The van der Waals surface area contributed by atoms with E-state index in [4.69, 9.17) is 5.73 Å². The Bertz CT molecular complexity index is 441. The number of nitrogens with one attached hydrogen (secondary N) is 1. The third kappa shape index (κ3) is 2.29. The molecule has 2 aromatic heterocycles. The van der Waals surface area contributed by atoms with Crippen molar-refractivity contribution in [3.63, 3.8) is 0 Å². The molecule has 8 heteroatoms. The van der Waals surface area contributed by atoms with Gasteiger partial charge in [-0.25, -0.2) is 15.0 Å². The molecule has 0 aliphatic heterocycles. The van der Waals surface area contributed by atoms with Gasteiger partial charge in [0.25, 0.3) is 0 Å². The maximum absolute atomic E-state index is 5.58. The molecule has 0 aliphatic carbocycles. The maximum atomic E-state index is 5.58. The zero-order valence-corrected chi connectivity index (χ0v) is 8.36. The number of nitrogens with two attached hydrogens (primary N) is 1. The Balaban J connectivity index is 0.000000293. The standard InChI is InChI=1S/C6H7N5.BHNS/c1-3-10-5(7)4-6(11-3)9-2-8-4;1-2-3/h2H,1H3,(H3,7,8,9,10,11);3H. The summed E-state index contributed by atoms with van der Waals surface area (Å²) in [5, 5.41) is 0. The summed E-state index contributed by atoms with van der Waals surface area (Å²) in [4.78, 5) is 14.8. The van der Waals surface area contributed by atoms with E-state index in [9.17, 15) is 0 Å². The third-order valence-corrected chi connectivity index (χ3v) is 1.43. The molecule has 3 N–H and O–H groups in total. The van der Waals surface area contributed by atoms with E-state index in [0.29, 0.717) is 22.8 Å². The second-order valence-corrected chi connectivity index (χ2v) is 2.60. The van der Waals surface area contributed by atoms with E-state index in [-0.39, 0.29) is 0 Å². The first kappa shape index (κ1) is 10.6. The summed E-state index contributed by atoms with van der Waals surface area (Å²) in [5.74, 6) is 1.09. The van der Waals surface area contributed by atoms with Gasteiger partial charge in [0.05, 0.1) is 6.33 Å². The molecule has 2 heterocycles. The van der Waals surface area contributed by atoms with Gasteiger partial charge in [0.2, 0.25) is 0 Å². The number of aromatic amines is 1. The molecule has 0 spiro atoms. The van der Waals surface area contributed by atoms with Crippen molar-refractivity contribution >= 4 is 37.4 Å². The van der Waals surface area contributed by atoms with Crippen molar-refractivity contribution < 1.29 is 0 Å². The molecular weight excluding hydrogens is 199 g/mol. The van der Waals surface area contributed by atoms with Crippen molar-refractivity contribution in [2.24, 2.45) is 4.30 Å². The molecule has 14 heavy (non-hydrogen) atoms. The number of nitrogens with zero attached hydrogens (tertiary/aromatic N) is 4. The predicted molar refractivity (Wildman–Crippen MR) is 58.0 cm³/mol. The fourth-order valence-electron chi connectivity index (χ4n) is 0.969. The third-order valence-electron chi connectivity index (χ3n) is 1.43. The Morgan fingerprint density at radius 1 is 1.57 bits per heavy atom. The number of hydrogen-bond acceptors (Lipinski definition) is 6. The average Bonchev–Trinajstić information content (AvgIpc) is 2.53. The topological polar surface area (TPSA) is 92.8 Å². The molecule has 71 valence electrons. The fraction of sp³-hybridized carbons (Fsp3) is 0.167. The zero-order valence-electron chi connectivity index (χ0n) is 7.47. The van der Waals surface area contributed by atoms with Crippen LogP contribution in [0.3, 0.4) is 0 Å². The number of hydrogen-bond donors (Lipinski definition) is 3. The zero-order chi connectivity index (χ0) is 10.6. The van der Waals surface area contributed by atoms with E-state index in [1.54, 1.807) is 13.3 Å². The Labute approximate surface area is 87.0 Å². The van der Waals surface area contributed by atoms with E-state index in [1.807, 2.05) is 0 Å². The van der Waals surface area contributed by atoms with Crippen molar-refractivity contribution in [1.82, 2.24) is 19.9 Å². The number of thiol groups is 1. The van der Waals surface area contributed by atoms with Crippen molar-refractivity contribution in [1.29, 1.82) is 0 Å². The van der Waals surface area contributed by atoms with Crippen LogP contribution in [0, 0.1) is 6.92 Å². The second kappa shape index (κ2) is 4.70. The van der Waals surface area contributed by atoms with Crippen LogP contribution < -0.4 is 5.73 Å². The van der Waals surface area contributed by atoms with Crippen molar-refractivity contribution in [3.05, 3.63) is 12.2 Å². The van der Waals surface area contributed by atoms with Gasteiger partial charge in [-0.15, -0.1) is 0 Å². The van der Waals surface area contributed by atoms with Crippen molar-refractivity contribution in [2.45, 2.75) is 6.92 Å². The van der Waals surface area contributed by atoms with E-state index in [2.05, 4.69) is 44.7 Å². The van der Waals surface area contributed by atoms with Crippen LogP contribution in [-0.2, 0) is 0 Å². The van der Waals surface area contributed by atoms with Gasteiger partial charge in [0.15, 0.2) is 11.5 Å². The monoisotopic (exact) mass is 207 g/mol. The number of nitrogen functional groups attached to an aromatic ring is 1. The minimum absolute atomic E-state index is 0.449. The molecule has 6 nitrogen and oxygen atoms in total. The van der Waals surface area contributed by atoms with Crippen LogP contribution in [0.25, 0.3) is 11.2 Å². The number of fused-ring (bicyclic) bond motifs is 1. The Kier molecular flexibility index (Phi) is 3.58. The number of aryl methyl sites for hydroxylation is 1. The van der Waals surface area contributed by atoms with Crippen LogP contribution in [0.1, 0.15) is 5.82 Å². The summed E-state index contributed by atoms with van der Waals surface area (Å²) in [6.07, 6.45) is 1.55. The van der Waals surface area contributed by atoms with Gasteiger partial charge in [-0.3, -0.25) is 0 Å². The molecule has 0 saturated heterocycles. The summed E-state index contributed by atoms with van der Waals surface area (Å²) >= 11 is 3.19. The summed E-state index contributed by atoms with van der Waals surface area (Å²) in [7, 11) is 4.34. The average molecular weight is 207 g/mol. The predicted octanol–water partition coefficient (Wildman–Crippen LogP) is 0.427. The van der Waals surface area contributed by atoms with Crippen LogP contribution >= 0.6 is 12.8 Å². The van der Waals surface area contributed by atoms with Gasteiger partial charge in [-0.1, -0.05) is 0 Å². The van der Waals surface area contributed by atoms with Crippen molar-refractivity contribution in [3.8, 4) is 0 Å². The summed E-state index contributed by atoms with van der Waals surface area (Å²) in [6.45, 7) is 1.78. The Morgan fingerprint density at radius 3 is 2.86 bits per heavy atom. The van der Waals surface area contributed by atoms with Crippen molar-refractivity contribution in [2.75, 3.05) is 5.73 Å². The molecule has 0 fully saturated rings. The molecule has 0 bridgehead atoms.